The molecule has 0 bridgehead atoms. The van der Waals surface area contributed by atoms with Gasteiger partial charge in [-0.15, -0.1) is 0 Å². The van der Waals surface area contributed by atoms with Crippen LogP contribution in [0.1, 0.15) is 30.8 Å². The third-order valence-electron chi connectivity index (χ3n) is 2.48. The Morgan fingerprint density at radius 2 is 2.07 bits per heavy atom. The molecule has 14 heavy (non-hydrogen) atoms. The zero-order valence-electron chi connectivity index (χ0n) is 9.46. The number of hydrogen-bond donors (Lipinski definition) is 0. The van der Waals surface area contributed by atoms with Crippen LogP contribution in [-0.2, 0) is 13.1 Å². The lowest BCUT2D eigenvalue weighted by atomic mass is 10.2. The molecular formula is C12H18N2. The molecule has 0 unspecified atom stereocenters. The van der Waals surface area contributed by atoms with E-state index >= 15 is 0 Å². The molecule has 1 aromatic rings. The van der Waals surface area contributed by atoms with Gasteiger partial charge in [-0.2, -0.15) is 0 Å². The molecule has 1 heterocycles. The van der Waals surface area contributed by atoms with E-state index in [1.807, 2.05) is 0 Å². The number of rotatable bonds is 3. The molecule has 0 radical (unpaired) electrons. The van der Waals surface area contributed by atoms with Crippen LogP contribution in [-0.4, -0.2) is 4.57 Å². The molecule has 76 valence electrons. The Bertz CT molecular complexity index is 353. The second kappa shape index (κ2) is 4.32. The SMILES string of the molecule is [C-]#[N+]Cc1cc(C)n(CC(C)C)c1C. The van der Waals surface area contributed by atoms with Gasteiger partial charge in [-0.3, -0.25) is 0 Å². The van der Waals surface area contributed by atoms with Gasteiger partial charge in [0.2, 0.25) is 6.54 Å². The van der Waals surface area contributed by atoms with E-state index in [0.29, 0.717) is 12.5 Å². The summed E-state index contributed by atoms with van der Waals surface area (Å²) in [6.07, 6.45) is 0. The highest BCUT2D eigenvalue weighted by Crippen LogP contribution is 2.17. The molecule has 0 aromatic carbocycles. The fraction of sp³-hybridized carbons (Fsp3) is 0.583. The molecule has 0 N–H and O–H groups in total. The summed E-state index contributed by atoms with van der Waals surface area (Å²) in [7, 11) is 0. The van der Waals surface area contributed by atoms with Gasteiger partial charge in [0.25, 0.3) is 0 Å². The normalized spacial score (nSPS) is 10.6. The molecular weight excluding hydrogens is 172 g/mol. The largest absolute Gasteiger partial charge is 0.348 e. The monoisotopic (exact) mass is 190 g/mol. The summed E-state index contributed by atoms with van der Waals surface area (Å²) in [5.41, 5.74) is 3.71. The number of aromatic nitrogens is 1. The maximum atomic E-state index is 6.87. The Labute approximate surface area is 86.4 Å². The lowest BCUT2D eigenvalue weighted by Gasteiger charge is -2.11. The van der Waals surface area contributed by atoms with Crippen molar-refractivity contribution in [1.82, 2.24) is 4.57 Å². The minimum Gasteiger partial charge on any atom is -0.348 e. The smallest absolute Gasteiger partial charge is 0.241 e. The van der Waals surface area contributed by atoms with Gasteiger partial charge < -0.3 is 9.41 Å². The quantitative estimate of drug-likeness (QED) is 0.647. The minimum absolute atomic E-state index is 0.512. The Morgan fingerprint density at radius 1 is 1.43 bits per heavy atom. The third kappa shape index (κ3) is 2.17. The van der Waals surface area contributed by atoms with Gasteiger partial charge in [-0.25, -0.2) is 6.57 Å². The van der Waals surface area contributed by atoms with Crippen molar-refractivity contribution >= 4 is 0 Å². The predicted octanol–water partition coefficient (Wildman–Crippen LogP) is 3.18. The molecule has 2 heteroatoms. The molecule has 0 aliphatic rings. The first-order valence-electron chi connectivity index (χ1n) is 5.05. The van der Waals surface area contributed by atoms with E-state index in [9.17, 15) is 0 Å². The molecule has 0 aliphatic heterocycles. The summed E-state index contributed by atoms with van der Waals surface area (Å²) in [5.74, 6) is 0.653. The first kappa shape index (κ1) is 10.8. The fourth-order valence-corrected chi connectivity index (χ4v) is 1.76. The van der Waals surface area contributed by atoms with Crippen molar-refractivity contribution in [3.05, 3.63) is 34.4 Å². The van der Waals surface area contributed by atoms with Crippen molar-refractivity contribution in [2.24, 2.45) is 5.92 Å². The number of aryl methyl sites for hydroxylation is 1. The second-order valence-electron chi connectivity index (χ2n) is 4.22. The molecule has 2 nitrogen and oxygen atoms in total. The lowest BCUT2D eigenvalue weighted by Crippen LogP contribution is -2.07. The van der Waals surface area contributed by atoms with Crippen LogP contribution in [0.4, 0.5) is 0 Å². The van der Waals surface area contributed by atoms with Gasteiger partial charge in [0.15, 0.2) is 0 Å². The average molecular weight is 190 g/mol. The van der Waals surface area contributed by atoms with Crippen molar-refractivity contribution in [2.75, 3.05) is 0 Å². The van der Waals surface area contributed by atoms with Gasteiger partial charge in [0.05, 0.1) is 5.56 Å². The van der Waals surface area contributed by atoms with E-state index in [-0.39, 0.29) is 0 Å². The predicted molar refractivity (Wildman–Crippen MR) is 59.1 cm³/mol. The molecule has 0 spiro atoms. The molecule has 0 saturated heterocycles. The Morgan fingerprint density at radius 3 is 2.57 bits per heavy atom. The van der Waals surface area contributed by atoms with E-state index in [1.165, 1.54) is 17.0 Å². The van der Waals surface area contributed by atoms with Gasteiger partial charge in [0.1, 0.15) is 0 Å². The van der Waals surface area contributed by atoms with E-state index in [4.69, 9.17) is 6.57 Å². The summed E-state index contributed by atoms with van der Waals surface area (Å²) in [4.78, 5) is 3.44. The Hall–Kier alpha value is -1.23. The van der Waals surface area contributed by atoms with Crippen LogP contribution in [0.2, 0.25) is 0 Å². The van der Waals surface area contributed by atoms with Crippen LogP contribution < -0.4 is 0 Å². The van der Waals surface area contributed by atoms with E-state index in [2.05, 4.69) is 43.2 Å². The van der Waals surface area contributed by atoms with Gasteiger partial charge in [-0.1, -0.05) is 13.8 Å². The van der Waals surface area contributed by atoms with Crippen molar-refractivity contribution in [3.63, 3.8) is 0 Å². The molecule has 1 rings (SSSR count). The zero-order valence-corrected chi connectivity index (χ0v) is 9.46. The van der Waals surface area contributed by atoms with Crippen molar-refractivity contribution in [3.8, 4) is 0 Å². The van der Waals surface area contributed by atoms with Crippen LogP contribution in [0.5, 0.6) is 0 Å². The highest BCUT2D eigenvalue weighted by molar-refractivity contribution is 5.27. The molecule has 0 fully saturated rings. The standard InChI is InChI=1S/C12H18N2/c1-9(2)8-14-10(3)6-12(7-13-5)11(14)4/h6,9H,7-8H2,1-4H3. The van der Waals surface area contributed by atoms with Gasteiger partial charge in [0, 0.05) is 17.9 Å². The van der Waals surface area contributed by atoms with E-state index < -0.39 is 0 Å². The van der Waals surface area contributed by atoms with Crippen LogP contribution in [0.15, 0.2) is 6.07 Å². The lowest BCUT2D eigenvalue weighted by molar-refractivity contribution is 0.508. The minimum atomic E-state index is 0.512. The van der Waals surface area contributed by atoms with Gasteiger partial charge in [-0.05, 0) is 25.8 Å². The van der Waals surface area contributed by atoms with Crippen LogP contribution >= 0.6 is 0 Å². The zero-order chi connectivity index (χ0) is 10.7. The highest BCUT2D eigenvalue weighted by Gasteiger charge is 2.11. The van der Waals surface area contributed by atoms with Crippen LogP contribution in [0.3, 0.4) is 0 Å². The Kier molecular flexibility index (Phi) is 3.35. The third-order valence-corrected chi connectivity index (χ3v) is 2.48. The van der Waals surface area contributed by atoms with Crippen molar-refractivity contribution in [2.45, 2.75) is 40.8 Å². The maximum Gasteiger partial charge on any atom is 0.241 e. The first-order chi connectivity index (χ1) is 6.56. The summed E-state index contributed by atoms with van der Waals surface area (Å²) >= 11 is 0. The molecule has 1 aromatic heterocycles. The molecule has 0 aliphatic carbocycles. The molecule has 0 saturated carbocycles. The van der Waals surface area contributed by atoms with Crippen molar-refractivity contribution < 1.29 is 0 Å². The fourth-order valence-electron chi connectivity index (χ4n) is 1.76. The highest BCUT2D eigenvalue weighted by atomic mass is 15.0. The summed E-state index contributed by atoms with van der Waals surface area (Å²) in [6, 6.07) is 2.13. The summed E-state index contributed by atoms with van der Waals surface area (Å²) in [6.45, 7) is 17.1. The maximum absolute atomic E-state index is 6.87. The van der Waals surface area contributed by atoms with Crippen LogP contribution in [0, 0.1) is 26.3 Å². The number of nitrogens with zero attached hydrogens (tertiary/aromatic N) is 2. The average Bonchev–Trinajstić information content (AvgIpc) is 2.33. The summed E-state index contributed by atoms with van der Waals surface area (Å²) in [5, 5.41) is 0. The van der Waals surface area contributed by atoms with E-state index in [1.54, 1.807) is 0 Å². The van der Waals surface area contributed by atoms with Crippen LogP contribution in [0.25, 0.3) is 4.85 Å². The topological polar surface area (TPSA) is 9.29 Å². The number of hydrogen-bond acceptors (Lipinski definition) is 0. The summed E-state index contributed by atoms with van der Waals surface area (Å²) < 4.78 is 2.31. The second-order valence-corrected chi connectivity index (χ2v) is 4.22. The molecule has 0 atom stereocenters. The van der Waals surface area contributed by atoms with E-state index in [0.717, 1.165) is 6.54 Å². The first-order valence-corrected chi connectivity index (χ1v) is 5.05. The Balaban J connectivity index is 3.00. The van der Waals surface area contributed by atoms with Crippen molar-refractivity contribution in [1.29, 1.82) is 0 Å². The molecule has 0 amide bonds. The van der Waals surface area contributed by atoms with Gasteiger partial charge >= 0.3 is 0 Å².